The molecule has 1 aromatic rings. The molecule has 0 aromatic carbocycles. The summed E-state index contributed by atoms with van der Waals surface area (Å²) < 4.78 is 5.72. The number of anilines is 2. The topological polar surface area (TPSA) is 59.1 Å². The first-order chi connectivity index (χ1) is 8.48. The maximum absolute atomic E-state index is 5.72. The van der Waals surface area contributed by atoms with Crippen LogP contribution in [-0.4, -0.2) is 35.3 Å². The van der Waals surface area contributed by atoms with Crippen molar-refractivity contribution >= 4 is 11.8 Å². The van der Waals surface area contributed by atoms with Crippen molar-refractivity contribution in [3.05, 3.63) is 11.8 Å². The van der Waals surface area contributed by atoms with Crippen LogP contribution < -0.4 is 10.6 Å². The first kappa shape index (κ1) is 13.1. The molecule has 2 heterocycles. The smallest absolute Gasteiger partial charge is 0.224 e. The van der Waals surface area contributed by atoms with Crippen molar-refractivity contribution in [1.29, 1.82) is 0 Å². The van der Waals surface area contributed by atoms with Gasteiger partial charge in [-0.15, -0.1) is 0 Å². The van der Waals surface area contributed by atoms with E-state index in [1.807, 2.05) is 20.0 Å². The quantitative estimate of drug-likeness (QED) is 0.861. The second-order valence-corrected chi connectivity index (χ2v) is 5.41. The molecular formula is C13H22N4O. The first-order valence-electron chi connectivity index (χ1n) is 6.42. The Morgan fingerprint density at radius 2 is 2.17 bits per heavy atom. The Labute approximate surface area is 108 Å². The minimum atomic E-state index is -0.0518. The monoisotopic (exact) mass is 250 g/mol. The van der Waals surface area contributed by atoms with Gasteiger partial charge in [-0.05, 0) is 33.6 Å². The van der Waals surface area contributed by atoms with Gasteiger partial charge in [0.2, 0.25) is 5.95 Å². The summed E-state index contributed by atoms with van der Waals surface area (Å²) in [6.07, 6.45) is 2.01. The highest BCUT2D eigenvalue weighted by atomic mass is 16.5. The molecule has 5 nitrogen and oxygen atoms in total. The van der Waals surface area contributed by atoms with E-state index < -0.39 is 0 Å². The van der Waals surface area contributed by atoms with Crippen LogP contribution in [0.1, 0.15) is 32.4 Å². The Bertz CT molecular complexity index is 419. The Balaban J connectivity index is 2.07. The van der Waals surface area contributed by atoms with Crippen LogP contribution in [0.15, 0.2) is 6.07 Å². The summed E-state index contributed by atoms with van der Waals surface area (Å²) >= 11 is 0. The summed E-state index contributed by atoms with van der Waals surface area (Å²) in [5.41, 5.74) is 0.910. The molecule has 1 aliphatic heterocycles. The van der Waals surface area contributed by atoms with Crippen LogP contribution >= 0.6 is 0 Å². The maximum Gasteiger partial charge on any atom is 0.224 e. The van der Waals surface area contributed by atoms with Crippen LogP contribution in [0.25, 0.3) is 0 Å². The van der Waals surface area contributed by atoms with E-state index in [0.717, 1.165) is 31.0 Å². The van der Waals surface area contributed by atoms with Crippen molar-refractivity contribution in [3.63, 3.8) is 0 Å². The molecule has 1 aliphatic rings. The van der Waals surface area contributed by atoms with E-state index in [0.29, 0.717) is 12.0 Å². The number of ether oxygens (including phenoxy) is 1. The van der Waals surface area contributed by atoms with Crippen LogP contribution in [0.4, 0.5) is 11.8 Å². The minimum absolute atomic E-state index is 0.0518. The van der Waals surface area contributed by atoms with Crippen molar-refractivity contribution < 1.29 is 4.74 Å². The molecule has 5 heteroatoms. The van der Waals surface area contributed by atoms with Gasteiger partial charge >= 0.3 is 0 Å². The number of nitrogens with zero attached hydrogens (tertiary/aromatic N) is 2. The van der Waals surface area contributed by atoms with Crippen LogP contribution in [-0.2, 0) is 4.74 Å². The fourth-order valence-corrected chi connectivity index (χ4v) is 2.32. The van der Waals surface area contributed by atoms with Gasteiger partial charge in [-0.1, -0.05) is 0 Å². The lowest BCUT2D eigenvalue weighted by atomic mass is 9.94. The Hall–Kier alpha value is -1.36. The molecule has 1 fully saturated rings. The largest absolute Gasteiger partial charge is 0.375 e. The molecule has 2 rings (SSSR count). The van der Waals surface area contributed by atoms with Gasteiger partial charge in [0, 0.05) is 31.5 Å². The molecule has 0 aliphatic carbocycles. The maximum atomic E-state index is 5.72. The van der Waals surface area contributed by atoms with Gasteiger partial charge in [-0.25, -0.2) is 4.98 Å². The normalized spacial score (nSPS) is 22.6. The Morgan fingerprint density at radius 3 is 2.83 bits per heavy atom. The first-order valence-corrected chi connectivity index (χ1v) is 6.42. The van der Waals surface area contributed by atoms with Gasteiger partial charge in [-0.2, -0.15) is 4.98 Å². The predicted octanol–water partition coefficient (Wildman–Crippen LogP) is 2.20. The molecule has 18 heavy (non-hydrogen) atoms. The van der Waals surface area contributed by atoms with Gasteiger partial charge in [0.1, 0.15) is 5.82 Å². The van der Waals surface area contributed by atoms with Crippen LogP contribution in [0, 0.1) is 6.92 Å². The van der Waals surface area contributed by atoms with E-state index in [9.17, 15) is 0 Å². The number of hydrogen-bond donors (Lipinski definition) is 2. The van der Waals surface area contributed by atoms with E-state index in [1.54, 1.807) is 0 Å². The lowest BCUT2D eigenvalue weighted by Crippen LogP contribution is -2.40. The van der Waals surface area contributed by atoms with Crippen molar-refractivity contribution in [2.24, 2.45) is 0 Å². The third-order valence-electron chi connectivity index (χ3n) is 3.13. The molecule has 100 valence electrons. The number of nitrogens with one attached hydrogen (secondary N) is 2. The zero-order valence-corrected chi connectivity index (χ0v) is 11.6. The minimum Gasteiger partial charge on any atom is -0.375 e. The molecule has 1 aromatic heterocycles. The van der Waals surface area contributed by atoms with Gasteiger partial charge in [0.15, 0.2) is 0 Å². The van der Waals surface area contributed by atoms with Gasteiger partial charge in [-0.3, -0.25) is 0 Å². The zero-order valence-electron chi connectivity index (χ0n) is 11.6. The second kappa shape index (κ2) is 5.10. The van der Waals surface area contributed by atoms with Crippen LogP contribution in [0.2, 0.25) is 0 Å². The standard InChI is InChI=1S/C13H22N4O/c1-9-7-11(17-12(14-4)15-9)16-10-5-6-18-13(2,3)8-10/h7,10H,5-6,8H2,1-4H3,(H2,14,15,16,17). The number of aryl methyl sites for hydroxylation is 1. The molecule has 2 N–H and O–H groups in total. The van der Waals surface area contributed by atoms with Crippen molar-refractivity contribution in [2.75, 3.05) is 24.3 Å². The molecule has 0 saturated carbocycles. The lowest BCUT2D eigenvalue weighted by Gasteiger charge is -2.36. The molecule has 1 atom stereocenters. The SMILES string of the molecule is CNc1nc(C)cc(NC2CCOC(C)(C)C2)n1. The van der Waals surface area contributed by atoms with Crippen molar-refractivity contribution in [1.82, 2.24) is 9.97 Å². The summed E-state index contributed by atoms with van der Waals surface area (Å²) in [5, 5.41) is 6.46. The summed E-state index contributed by atoms with van der Waals surface area (Å²) in [6.45, 7) is 7.03. The summed E-state index contributed by atoms with van der Waals surface area (Å²) in [7, 11) is 1.83. The summed E-state index contributed by atoms with van der Waals surface area (Å²) in [5.74, 6) is 1.54. The molecule has 0 bridgehead atoms. The number of rotatable bonds is 3. The second-order valence-electron chi connectivity index (χ2n) is 5.41. The highest BCUT2D eigenvalue weighted by molar-refractivity contribution is 5.42. The lowest BCUT2D eigenvalue weighted by molar-refractivity contribution is -0.0553. The molecule has 0 radical (unpaired) electrons. The van der Waals surface area contributed by atoms with Crippen LogP contribution in [0.3, 0.4) is 0 Å². The Morgan fingerprint density at radius 1 is 1.39 bits per heavy atom. The van der Waals surface area contributed by atoms with E-state index >= 15 is 0 Å². The number of aromatic nitrogens is 2. The fraction of sp³-hybridized carbons (Fsp3) is 0.692. The molecule has 0 spiro atoms. The zero-order chi connectivity index (χ0) is 13.2. The molecule has 0 amide bonds. The third-order valence-corrected chi connectivity index (χ3v) is 3.13. The van der Waals surface area contributed by atoms with E-state index in [1.165, 1.54) is 0 Å². The molecule has 1 saturated heterocycles. The summed E-state index contributed by atoms with van der Waals surface area (Å²) in [4.78, 5) is 8.71. The third kappa shape index (κ3) is 3.32. The van der Waals surface area contributed by atoms with Crippen molar-refractivity contribution in [3.8, 4) is 0 Å². The average Bonchev–Trinajstić information content (AvgIpc) is 2.26. The molecule has 1 unspecified atom stereocenters. The predicted molar refractivity (Wildman–Crippen MR) is 73.0 cm³/mol. The van der Waals surface area contributed by atoms with E-state index in [-0.39, 0.29) is 5.60 Å². The fourth-order valence-electron chi connectivity index (χ4n) is 2.32. The summed E-state index contributed by atoms with van der Waals surface area (Å²) in [6, 6.07) is 2.39. The highest BCUT2D eigenvalue weighted by Gasteiger charge is 2.28. The van der Waals surface area contributed by atoms with Gasteiger partial charge in [0.25, 0.3) is 0 Å². The molecular weight excluding hydrogens is 228 g/mol. The average molecular weight is 250 g/mol. The van der Waals surface area contributed by atoms with Crippen molar-refractivity contribution in [2.45, 2.75) is 45.3 Å². The van der Waals surface area contributed by atoms with E-state index in [2.05, 4.69) is 34.4 Å². The highest BCUT2D eigenvalue weighted by Crippen LogP contribution is 2.26. The van der Waals surface area contributed by atoms with Gasteiger partial charge in [0.05, 0.1) is 5.60 Å². The van der Waals surface area contributed by atoms with Gasteiger partial charge < -0.3 is 15.4 Å². The number of hydrogen-bond acceptors (Lipinski definition) is 5. The van der Waals surface area contributed by atoms with E-state index in [4.69, 9.17) is 4.74 Å². The Kier molecular flexibility index (Phi) is 3.71. The van der Waals surface area contributed by atoms with Crippen LogP contribution in [0.5, 0.6) is 0 Å².